The second-order valence-electron chi connectivity index (χ2n) is 6.49. The monoisotopic (exact) mass is 438 g/mol. The Morgan fingerprint density at radius 2 is 1.94 bits per heavy atom. The average molecular weight is 439 g/mol. The lowest BCUT2D eigenvalue weighted by Crippen LogP contribution is -2.20. The van der Waals surface area contributed by atoms with Crippen LogP contribution in [0.4, 0.5) is 20.6 Å². The van der Waals surface area contributed by atoms with Crippen molar-refractivity contribution in [2.24, 2.45) is 7.05 Å². The molecule has 31 heavy (non-hydrogen) atoms. The highest BCUT2D eigenvalue weighted by atomic mass is 35.5. The molecule has 2 N–H and O–H groups in total. The predicted octanol–water partition coefficient (Wildman–Crippen LogP) is 5.11. The Labute approximate surface area is 181 Å². The molecule has 0 saturated carbocycles. The van der Waals surface area contributed by atoms with Crippen LogP contribution in [0.1, 0.15) is 0 Å². The van der Waals surface area contributed by atoms with Gasteiger partial charge in [0.25, 0.3) is 0 Å². The largest absolute Gasteiger partial charge is 0.457 e. The van der Waals surface area contributed by atoms with Crippen molar-refractivity contribution in [2.45, 2.75) is 0 Å². The van der Waals surface area contributed by atoms with Crippen molar-refractivity contribution in [1.82, 2.24) is 19.7 Å². The topological polar surface area (TPSA) is 94.0 Å². The van der Waals surface area contributed by atoms with Gasteiger partial charge in [0.05, 0.1) is 34.5 Å². The van der Waals surface area contributed by atoms with E-state index in [-0.39, 0.29) is 11.4 Å². The summed E-state index contributed by atoms with van der Waals surface area (Å²) >= 11 is 5.83. The lowest BCUT2D eigenvalue weighted by Gasteiger charge is -2.11. The van der Waals surface area contributed by atoms with E-state index in [0.29, 0.717) is 22.2 Å². The molecule has 3 aromatic heterocycles. The Bertz CT molecular complexity index is 1250. The highest BCUT2D eigenvalue weighted by molar-refractivity contribution is 6.30. The number of aromatic nitrogens is 4. The molecule has 0 aliphatic carbocycles. The van der Waals surface area contributed by atoms with Crippen molar-refractivity contribution >= 4 is 29.0 Å². The minimum atomic E-state index is -0.654. The summed E-state index contributed by atoms with van der Waals surface area (Å²) in [5.41, 5.74) is 1.88. The molecule has 0 spiro atoms. The lowest BCUT2D eigenvalue weighted by molar-refractivity contribution is 0.262. The number of urea groups is 1. The van der Waals surface area contributed by atoms with E-state index in [9.17, 15) is 9.18 Å². The summed E-state index contributed by atoms with van der Waals surface area (Å²) in [6, 6.07) is 8.42. The van der Waals surface area contributed by atoms with Crippen LogP contribution in [0, 0.1) is 5.82 Å². The maximum atomic E-state index is 14.5. The van der Waals surface area contributed by atoms with Crippen LogP contribution >= 0.6 is 11.6 Å². The van der Waals surface area contributed by atoms with Crippen molar-refractivity contribution in [2.75, 3.05) is 10.6 Å². The number of carbonyl (C=O) groups is 1. The third-order valence-electron chi connectivity index (χ3n) is 4.12. The van der Waals surface area contributed by atoms with Crippen LogP contribution in [0.25, 0.3) is 11.3 Å². The molecule has 0 fully saturated rings. The number of halogens is 2. The van der Waals surface area contributed by atoms with Crippen LogP contribution in [-0.4, -0.2) is 25.8 Å². The van der Waals surface area contributed by atoms with Crippen LogP contribution in [0.15, 0.2) is 67.4 Å². The summed E-state index contributed by atoms with van der Waals surface area (Å²) in [5, 5.41) is 9.45. The van der Waals surface area contributed by atoms with E-state index in [4.69, 9.17) is 16.3 Å². The lowest BCUT2D eigenvalue weighted by atomic mass is 10.2. The molecule has 0 atom stereocenters. The third-order valence-corrected chi connectivity index (χ3v) is 4.33. The molecule has 1 aromatic carbocycles. The van der Waals surface area contributed by atoms with E-state index in [0.717, 1.165) is 5.56 Å². The number of nitrogens with one attached hydrogen (secondary N) is 2. The number of ether oxygens (including phenoxy) is 1. The van der Waals surface area contributed by atoms with Gasteiger partial charge in [-0.05, 0) is 24.3 Å². The van der Waals surface area contributed by atoms with Gasteiger partial charge in [-0.2, -0.15) is 5.10 Å². The standard InChI is InChI=1S/C21H16ClFN6O2/c1-29-12-13(9-26-29)20-8-17(4-5-25-20)31-16-2-3-19(18(23)7-16)28-21(30)27-15-6-14(22)10-24-11-15/h2-12H,1H3,(H2,27,28,30). The van der Waals surface area contributed by atoms with E-state index in [2.05, 4.69) is 25.7 Å². The van der Waals surface area contributed by atoms with E-state index < -0.39 is 11.8 Å². The van der Waals surface area contributed by atoms with Crippen molar-refractivity contribution < 1.29 is 13.9 Å². The van der Waals surface area contributed by atoms with Crippen LogP contribution in [0.2, 0.25) is 5.02 Å². The Kier molecular flexibility index (Phi) is 5.76. The number of nitrogens with zero attached hydrogens (tertiary/aromatic N) is 4. The molecular formula is C21H16ClFN6O2. The van der Waals surface area contributed by atoms with Crippen LogP contribution in [0.3, 0.4) is 0 Å². The summed E-state index contributed by atoms with van der Waals surface area (Å²) in [7, 11) is 1.81. The number of benzene rings is 1. The molecule has 0 radical (unpaired) electrons. The fraction of sp³-hybridized carbons (Fsp3) is 0.0476. The highest BCUT2D eigenvalue weighted by Crippen LogP contribution is 2.28. The van der Waals surface area contributed by atoms with Gasteiger partial charge in [0.2, 0.25) is 0 Å². The summed E-state index contributed by atoms with van der Waals surface area (Å²) < 4.78 is 21.9. The predicted molar refractivity (Wildman–Crippen MR) is 115 cm³/mol. The van der Waals surface area contributed by atoms with Crippen molar-refractivity contribution in [3.8, 4) is 22.8 Å². The fourth-order valence-electron chi connectivity index (χ4n) is 2.75. The number of amides is 2. The molecule has 0 unspecified atom stereocenters. The first-order chi connectivity index (χ1) is 15.0. The molecule has 0 aliphatic rings. The number of pyridine rings is 2. The highest BCUT2D eigenvalue weighted by Gasteiger charge is 2.10. The third kappa shape index (κ3) is 5.14. The van der Waals surface area contributed by atoms with Crippen molar-refractivity contribution in [3.63, 3.8) is 0 Å². The molecule has 0 bridgehead atoms. The van der Waals surface area contributed by atoms with Gasteiger partial charge in [0.15, 0.2) is 0 Å². The number of aryl methyl sites for hydroxylation is 1. The molecule has 0 aliphatic heterocycles. The molecule has 4 rings (SSSR count). The minimum Gasteiger partial charge on any atom is -0.457 e. The minimum absolute atomic E-state index is 0.00869. The molecular weight excluding hydrogens is 423 g/mol. The first-order valence-electron chi connectivity index (χ1n) is 9.07. The second kappa shape index (κ2) is 8.80. The summed E-state index contributed by atoms with van der Waals surface area (Å²) in [5.74, 6) is 0.101. The van der Waals surface area contributed by atoms with Gasteiger partial charge in [-0.25, -0.2) is 9.18 Å². The molecule has 4 aromatic rings. The van der Waals surface area contributed by atoms with Gasteiger partial charge in [-0.3, -0.25) is 14.6 Å². The quantitative estimate of drug-likeness (QED) is 0.451. The maximum Gasteiger partial charge on any atom is 0.323 e. The van der Waals surface area contributed by atoms with Crippen molar-refractivity contribution in [1.29, 1.82) is 0 Å². The number of hydrogen-bond acceptors (Lipinski definition) is 5. The van der Waals surface area contributed by atoms with E-state index >= 15 is 0 Å². The summed E-state index contributed by atoms with van der Waals surface area (Å²) in [6.45, 7) is 0. The van der Waals surface area contributed by atoms with Crippen molar-refractivity contribution in [3.05, 3.63) is 78.2 Å². The first kappa shape index (κ1) is 20.3. The molecule has 8 nitrogen and oxygen atoms in total. The number of anilines is 2. The molecule has 3 heterocycles. The van der Waals surface area contributed by atoms with Crippen LogP contribution in [-0.2, 0) is 7.05 Å². The maximum absolute atomic E-state index is 14.5. The molecule has 0 saturated heterocycles. The first-order valence-corrected chi connectivity index (χ1v) is 9.45. The smallest absolute Gasteiger partial charge is 0.323 e. The molecule has 156 valence electrons. The molecule has 2 amide bonds. The Morgan fingerprint density at radius 1 is 1.10 bits per heavy atom. The van der Waals surface area contributed by atoms with Crippen LogP contribution in [0.5, 0.6) is 11.5 Å². The number of hydrogen-bond donors (Lipinski definition) is 2. The zero-order valence-electron chi connectivity index (χ0n) is 16.2. The average Bonchev–Trinajstić information content (AvgIpc) is 3.17. The van der Waals surface area contributed by atoms with Gasteiger partial charge in [-0.1, -0.05) is 11.6 Å². The van der Waals surface area contributed by atoms with Gasteiger partial charge in [-0.15, -0.1) is 0 Å². The van der Waals surface area contributed by atoms with E-state index in [1.54, 1.807) is 35.3 Å². The van der Waals surface area contributed by atoms with E-state index in [1.807, 2.05) is 13.2 Å². The summed E-state index contributed by atoms with van der Waals surface area (Å²) in [4.78, 5) is 20.3. The Morgan fingerprint density at radius 3 is 2.68 bits per heavy atom. The Hall–Kier alpha value is -3.98. The zero-order valence-corrected chi connectivity index (χ0v) is 17.0. The molecule has 10 heteroatoms. The Balaban J connectivity index is 1.43. The second-order valence-corrected chi connectivity index (χ2v) is 6.93. The van der Waals surface area contributed by atoms with Gasteiger partial charge >= 0.3 is 6.03 Å². The normalized spacial score (nSPS) is 10.5. The SMILES string of the molecule is Cn1cc(-c2cc(Oc3ccc(NC(=O)Nc4cncc(Cl)c4)c(F)c3)ccn2)cn1. The van der Waals surface area contributed by atoms with Gasteiger partial charge < -0.3 is 15.4 Å². The van der Waals surface area contributed by atoms with Crippen LogP contribution < -0.4 is 15.4 Å². The number of rotatable bonds is 5. The van der Waals surface area contributed by atoms with Gasteiger partial charge in [0.1, 0.15) is 17.3 Å². The number of carbonyl (C=O) groups excluding carboxylic acids is 1. The van der Waals surface area contributed by atoms with Gasteiger partial charge in [0, 0.05) is 43.3 Å². The summed E-state index contributed by atoms with van der Waals surface area (Å²) in [6.07, 6.45) is 7.98. The van der Waals surface area contributed by atoms with E-state index in [1.165, 1.54) is 30.6 Å². The zero-order chi connectivity index (χ0) is 21.8. The fourth-order valence-corrected chi connectivity index (χ4v) is 2.92.